The molecule has 0 saturated carbocycles. The van der Waals surface area contributed by atoms with Gasteiger partial charge in [-0.1, -0.05) is 25.4 Å². The third-order valence-corrected chi connectivity index (χ3v) is 2.82. The smallest absolute Gasteiger partial charge is 0.0831 e. The molecule has 0 aliphatic heterocycles. The third kappa shape index (κ3) is 5.06. The molecule has 5 heteroatoms. The van der Waals surface area contributed by atoms with Crippen LogP contribution in [0.3, 0.4) is 0 Å². The zero-order valence-electron chi connectivity index (χ0n) is 11.2. The molecule has 0 radical (unpaired) electrons. The van der Waals surface area contributed by atoms with Gasteiger partial charge in [-0.25, -0.2) is 0 Å². The number of nitrogens with one attached hydrogen (secondary N) is 1. The second kappa shape index (κ2) is 6.99. The Morgan fingerprint density at radius 3 is 2.76 bits per heavy atom. The first-order chi connectivity index (χ1) is 8.00. The molecule has 0 unspecified atom stereocenters. The fraction of sp³-hybridized carbons (Fsp3) is 0.750. The highest BCUT2D eigenvalue weighted by molar-refractivity contribution is 6.31. The summed E-state index contributed by atoms with van der Waals surface area (Å²) in [7, 11) is 4.11. The Bertz CT molecular complexity index is 333. The minimum absolute atomic E-state index is 0.645. The first-order valence-electron chi connectivity index (χ1n) is 6.06. The molecule has 1 rings (SSSR count). The Labute approximate surface area is 109 Å². The first kappa shape index (κ1) is 14.5. The topological polar surface area (TPSA) is 33.1 Å². The fourth-order valence-corrected chi connectivity index (χ4v) is 1.74. The van der Waals surface area contributed by atoms with Gasteiger partial charge in [0, 0.05) is 13.1 Å². The van der Waals surface area contributed by atoms with Crippen LogP contribution in [0, 0.1) is 5.92 Å². The molecule has 0 bridgehead atoms. The minimum atomic E-state index is 0.645. The summed E-state index contributed by atoms with van der Waals surface area (Å²) in [4.78, 5) is 2.14. The molecular weight excluding hydrogens is 236 g/mol. The second-order valence-corrected chi connectivity index (χ2v) is 5.40. The largest absolute Gasteiger partial charge is 0.311 e. The average molecular weight is 259 g/mol. The van der Waals surface area contributed by atoms with E-state index in [0.717, 1.165) is 36.9 Å². The number of hydrogen-bond donors (Lipinski definition) is 1. The van der Waals surface area contributed by atoms with Gasteiger partial charge >= 0.3 is 0 Å². The third-order valence-electron chi connectivity index (χ3n) is 2.50. The van der Waals surface area contributed by atoms with E-state index in [1.165, 1.54) is 0 Å². The number of halogens is 1. The van der Waals surface area contributed by atoms with Gasteiger partial charge in [0.1, 0.15) is 0 Å². The van der Waals surface area contributed by atoms with Crippen LogP contribution in [-0.4, -0.2) is 41.9 Å². The van der Waals surface area contributed by atoms with Crippen molar-refractivity contribution in [1.29, 1.82) is 0 Å². The maximum atomic E-state index is 6.14. The van der Waals surface area contributed by atoms with E-state index >= 15 is 0 Å². The van der Waals surface area contributed by atoms with Crippen molar-refractivity contribution in [1.82, 2.24) is 20.0 Å². The highest BCUT2D eigenvalue weighted by Gasteiger charge is 2.08. The summed E-state index contributed by atoms with van der Waals surface area (Å²) < 4.78 is 1.98. The summed E-state index contributed by atoms with van der Waals surface area (Å²) >= 11 is 6.14. The van der Waals surface area contributed by atoms with E-state index in [2.05, 4.69) is 43.3 Å². The molecule has 0 amide bonds. The van der Waals surface area contributed by atoms with Gasteiger partial charge in [-0.2, -0.15) is 5.10 Å². The lowest BCUT2D eigenvalue weighted by Crippen LogP contribution is -2.24. The maximum Gasteiger partial charge on any atom is 0.0831 e. The van der Waals surface area contributed by atoms with Crippen molar-refractivity contribution in [3.8, 4) is 0 Å². The van der Waals surface area contributed by atoms with Gasteiger partial charge < -0.3 is 10.2 Å². The van der Waals surface area contributed by atoms with E-state index in [9.17, 15) is 0 Å². The highest BCUT2D eigenvalue weighted by Crippen LogP contribution is 2.14. The van der Waals surface area contributed by atoms with E-state index in [1.807, 2.05) is 4.68 Å². The van der Waals surface area contributed by atoms with Crippen LogP contribution in [-0.2, 0) is 13.1 Å². The Morgan fingerprint density at radius 1 is 1.47 bits per heavy atom. The zero-order chi connectivity index (χ0) is 12.8. The molecule has 98 valence electrons. The van der Waals surface area contributed by atoms with Gasteiger partial charge in [-0.05, 0) is 26.6 Å². The SMILES string of the molecule is CC(C)CNCc1c(Cl)cnn1CCN(C)C. The summed E-state index contributed by atoms with van der Waals surface area (Å²) in [5, 5.41) is 8.45. The molecule has 0 aliphatic rings. The Morgan fingerprint density at radius 2 is 2.18 bits per heavy atom. The molecule has 0 atom stereocenters. The lowest BCUT2D eigenvalue weighted by molar-refractivity contribution is 0.367. The molecule has 0 saturated heterocycles. The van der Waals surface area contributed by atoms with Gasteiger partial charge in [0.25, 0.3) is 0 Å². The van der Waals surface area contributed by atoms with Crippen LogP contribution in [0.4, 0.5) is 0 Å². The molecule has 0 spiro atoms. The Hall–Kier alpha value is -0.580. The number of aromatic nitrogens is 2. The number of rotatable bonds is 7. The first-order valence-corrected chi connectivity index (χ1v) is 6.44. The molecule has 1 aromatic heterocycles. The van der Waals surface area contributed by atoms with Gasteiger partial charge in [0.05, 0.1) is 23.5 Å². The van der Waals surface area contributed by atoms with Gasteiger partial charge in [0.15, 0.2) is 0 Å². The van der Waals surface area contributed by atoms with E-state index in [0.29, 0.717) is 5.92 Å². The zero-order valence-corrected chi connectivity index (χ0v) is 12.0. The molecule has 1 aromatic rings. The number of nitrogens with zero attached hydrogens (tertiary/aromatic N) is 3. The van der Waals surface area contributed by atoms with Gasteiger partial charge in [-0.15, -0.1) is 0 Å². The summed E-state index contributed by atoms with van der Waals surface area (Å²) in [5.41, 5.74) is 1.08. The van der Waals surface area contributed by atoms with E-state index in [-0.39, 0.29) is 0 Å². The molecule has 4 nitrogen and oxygen atoms in total. The van der Waals surface area contributed by atoms with Crippen molar-refractivity contribution in [2.24, 2.45) is 5.92 Å². The summed E-state index contributed by atoms with van der Waals surface area (Å²) in [6.45, 7) is 8.00. The van der Waals surface area contributed by atoms with Crippen molar-refractivity contribution in [2.75, 3.05) is 27.2 Å². The van der Waals surface area contributed by atoms with Crippen molar-refractivity contribution in [2.45, 2.75) is 26.9 Å². The quantitative estimate of drug-likeness (QED) is 0.810. The predicted molar refractivity (Wildman–Crippen MR) is 72.3 cm³/mol. The predicted octanol–water partition coefficient (Wildman–Crippen LogP) is 1.84. The summed E-state index contributed by atoms with van der Waals surface area (Å²) in [5.74, 6) is 0.645. The van der Waals surface area contributed by atoms with Crippen LogP contribution in [0.2, 0.25) is 5.02 Å². The molecule has 0 aromatic carbocycles. The summed E-state index contributed by atoms with van der Waals surface area (Å²) in [6, 6.07) is 0. The molecule has 0 aliphatic carbocycles. The summed E-state index contributed by atoms with van der Waals surface area (Å²) in [6.07, 6.45) is 1.73. The number of likely N-dealkylation sites (N-methyl/N-ethyl adjacent to an activating group) is 1. The van der Waals surface area contributed by atoms with Crippen LogP contribution in [0.25, 0.3) is 0 Å². The van der Waals surface area contributed by atoms with Crippen molar-refractivity contribution in [3.63, 3.8) is 0 Å². The fourth-order valence-electron chi connectivity index (χ4n) is 1.53. The van der Waals surface area contributed by atoms with Crippen LogP contribution in [0.1, 0.15) is 19.5 Å². The van der Waals surface area contributed by atoms with Gasteiger partial charge in [-0.3, -0.25) is 4.68 Å². The molecule has 0 fully saturated rings. The van der Waals surface area contributed by atoms with Crippen LogP contribution < -0.4 is 5.32 Å². The Balaban J connectivity index is 2.53. The normalized spacial score (nSPS) is 11.7. The lowest BCUT2D eigenvalue weighted by Gasteiger charge is -2.13. The van der Waals surface area contributed by atoms with E-state index in [1.54, 1.807) is 6.20 Å². The maximum absolute atomic E-state index is 6.14. The standard InChI is InChI=1S/C12H23ClN4/c1-10(2)7-14-9-12-11(13)8-15-17(12)6-5-16(3)4/h8,10,14H,5-7,9H2,1-4H3. The molecule has 17 heavy (non-hydrogen) atoms. The molecule has 1 heterocycles. The van der Waals surface area contributed by atoms with Crippen molar-refractivity contribution < 1.29 is 0 Å². The minimum Gasteiger partial charge on any atom is -0.311 e. The van der Waals surface area contributed by atoms with Crippen LogP contribution in [0.5, 0.6) is 0 Å². The van der Waals surface area contributed by atoms with E-state index < -0.39 is 0 Å². The lowest BCUT2D eigenvalue weighted by atomic mass is 10.2. The monoisotopic (exact) mass is 258 g/mol. The molecular formula is C12H23ClN4. The number of hydrogen-bond acceptors (Lipinski definition) is 3. The van der Waals surface area contributed by atoms with E-state index in [4.69, 9.17) is 11.6 Å². The van der Waals surface area contributed by atoms with Crippen molar-refractivity contribution in [3.05, 3.63) is 16.9 Å². The van der Waals surface area contributed by atoms with Crippen LogP contribution in [0.15, 0.2) is 6.20 Å². The van der Waals surface area contributed by atoms with Crippen LogP contribution >= 0.6 is 11.6 Å². The average Bonchev–Trinajstić information content (AvgIpc) is 2.57. The second-order valence-electron chi connectivity index (χ2n) is 4.99. The van der Waals surface area contributed by atoms with Crippen molar-refractivity contribution >= 4 is 11.6 Å². The van der Waals surface area contributed by atoms with Gasteiger partial charge in [0.2, 0.25) is 0 Å². The Kier molecular flexibility index (Phi) is 5.95. The highest BCUT2D eigenvalue weighted by atomic mass is 35.5. The molecule has 1 N–H and O–H groups in total.